The molecule has 1 aliphatic rings. The first-order valence-corrected chi connectivity index (χ1v) is 9.28. The minimum atomic E-state index is 0.0458. The monoisotopic (exact) mass is 399 g/mol. The average molecular weight is 400 g/mol. The Morgan fingerprint density at radius 3 is 2.69 bits per heavy atom. The molecule has 7 heteroatoms. The van der Waals surface area contributed by atoms with Crippen LogP contribution in [-0.4, -0.2) is 20.1 Å². The highest BCUT2D eigenvalue weighted by atomic mass is 35.5. The highest BCUT2D eigenvalue weighted by molar-refractivity contribution is 6.29. The van der Waals surface area contributed by atoms with E-state index < -0.39 is 0 Å². The number of aromatic hydroxyl groups is 1. The smallest absolute Gasteiger partial charge is 0.198 e. The lowest BCUT2D eigenvalue weighted by molar-refractivity contribution is 0.457. The lowest BCUT2D eigenvalue weighted by Crippen LogP contribution is -2.08. The summed E-state index contributed by atoms with van der Waals surface area (Å²) in [5.74, 6) is 0.0458. The van der Waals surface area contributed by atoms with E-state index in [9.17, 15) is 5.11 Å². The first kappa shape index (κ1) is 17.3. The van der Waals surface area contributed by atoms with Crippen molar-refractivity contribution in [2.75, 3.05) is 0 Å². The second-order valence-corrected chi connectivity index (χ2v) is 6.92. The van der Waals surface area contributed by atoms with Gasteiger partial charge in [0.15, 0.2) is 5.88 Å². The SMILES string of the molecule is Oc1[nH]c2ccc(Cl)nc2c1/C=c1/ccc2c(c1)N=NC=2/C=C/c1ccncc1. The van der Waals surface area contributed by atoms with Crippen molar-refractivity contribution in [3.63, 3.8) is 0 Å². The molecule has 0 bridgehead atoms. The summed E-state index contributed by atoms with van der Waals surface area (Å²) in [6.07, 6.45) is 9.26. The van der Waals surface area contributed by atoms with E-state index in [0.717, 1.165) is 32.9 Å². The second kappa shape index (κ2) is 7.00. The van der Waals surface area contributed by atoms with Crippen LogP contribution in [0.2, 0.25) is 5.15 Å². The van der Waals surface area contributed by atoms with Crippen molar-refractivity contribution in [3.05, 3.63) is 87.7 Å². The number of aromatic amines is 1. The normalized spacial score (nSPS) is 13.7. The van der Waals surface area contributed by atoms with Crippen LogP contribution >= 0.6 is 11.6 Å². The molecular formula is C22H14ClN5O. The van der Waals surface area contributed by atoms with Gasteiger partial charge in [0.25, 0.3) is 0 Å². The third-order valence-corrected chi connectivity index (χ3v) is 4.85. The quantitative estimate of drug-likeness (QED) is 0.509. The molecule has 0 saturated carbocycles. The van der Waals surface area contributed by atoms with E-state index in [1.165, 1.54) is 0 Å². The van der Waals surface area contributed by atoms with Crippen molar-refractivity contribution >= 4 is 46.2 Å². The molecule has 0 amide bonds. The molecule has 3 aromatic heterocycles. The van der Waals surface area contributed by atoms with Gasteiger partial charge >= 0.3 is 0 Å². The molecule has 5 rings (SSSR count). The zero-order valence-electron chi connectivity index (χ0n) is 15.0. The van der Waals surface area contributed by atoms with Gasteiger partial charge in [-0.3, -0.25) is 4.98 Å². The van der Waals surface area contributed by atoms with Crippen molar-refractivity contribution in [1.82, 2.24) is 15.0 Å². The fourth-order valence-corrected chi connectivity index (χ4v) is 3.37. The van der Waals surface area contributed by atoms with Gasteiger partial charge in [-0.1, -0.05) is 23.7 Å². The minimum absolute atomic E-state index is 0.0458. The molecule has 1 aliphatic heterocycles. The minimum Gasteiger partial charge on any atom is -0.494 e. The Hall–Kier alpha value is -3.77. The highest BCUT2D eigenvalue weighted by Gasteiger charge is 2.11. The highest BCUT2D eigenvalue weighted by Crippen LogP contribution is 2.27. The van der Waals surface area contributed by atoms with Crippen LogP contribution in [0, 0.1) is 0 Å². The first-order chi connectivity index (χ1) is 14.2. The van der Waals surface area contributed by atoms with Crippen molar-refractivity contribution in [2.24, 2.45) is 10.2 Å². The number of rotatable bonds is 3. The van der Waals surface area contributed by atoms with Gasteiger partial charge in [-0.2, -0.15) is 0 Å². The number of aromatic nitrogens is 3. The molecule has 0 saturated heterocycles. The Balaban J connectivity index is 1.57. The fourth-order valence-electron chi connectivity index (χ4n) is 3.22. The first-order valence-electron chi connectivity index (χ1n) is 8.90. The number of hydrogen-bond acceptors (Lipinski definition) is 5. The lowest BCUT2D eigenvalue weighted by Gasteiger charge is -1.95. The number of halogens is 1. The molecule has 140 valence electrons. The summed E-state index contributed by atoms with van der Waals surface area (Å²) in [6, 6.07) is 13.2. The van der Waals surface area contributed by atoms with Crippen LogP contribution in [0.4, 0.5) is 5.69 Å². The Morgan fingerprint density at radius 2 is 1.83 bits per heavy atom. The zero-order chi connectivity index (χ0) is 19.8. The molecular weight excluding hydrogens is 386 g/mol. The number of azo groups is 1. The number of nitrogens with one attached hydrogen (secondary N) is 1. The summed E-state index contributed by atoms with van der Waals surface area (Å²) in [7, 11) is 0. The van der Waals surface area contributed by atoms with E-state index in [0.29, 0.717) is 16.2 Å². The summed E-state index contributed by atoms with van der Waals surface area (Å²) < 4.78 is 0. The summed E-state index contributed by atoms with van der Waals surface area (Å²) in [5, 5.41) is 21.0. The summed E-state index contributed by atoms with van der Waals surface area (Å²) in [6.45, 7) is 0. The molecule has 0 atom stereocenters. The zero-order valence-corrected chi connectivity index (χ0v) is 15.8. The maximum Gasteiger partial charge on any atom is 0.198 e. The van der Waals surface area contributed by atoms with Crippen LogP contribution in [0.1, 0.15) is 11.1 Å². The third kappa shape index (κ3) is 3.30. The predicted octanol–water partition coefficient (Wildman–Crippen LogP) is 4.06. The van der Waals surface area contributed by atoms with Crippen LogP contribution in [0.3, 0.4) is 0 Å². The van der Waals surface area contributed by atoms with Gasteiger partial charge in [-0.05, 0) is 59.3 Å². The van der Waals surface area contributed by atoms with E-state index in [4.69, 9.17) is 11.6 Å². The number of hydrogen-bond donors (Lipinski definition) is 2. The van der Waals surface area contributed by atoms with Crippen molar-refractivity contribution < 1.29 is 5.11 Å². The Bertz CT molecular complexity index is 1420. The molecule has 6 nitrogen and oxygen atoms in total. The molecule has 0 unspecified atom stereocenters. The number of nitrogens with zero attached hydrogens (tertiary/aromatic N) is 4. The number of fused-ring (bicyclic) bond motifs is 2. The van der Waals surface area contributed by atoms with Gasteiger partial charge in [0, 0.05) is 17.6 Å². The molecule has 29 heavy (non-hydrogen) atoms. The molecule has 2 N–H and O–H groups in total. The van der Waals surface area contributed by atoms with Gasteiger partial charge in [-0.25, -0.2) is 4.98 Å². The van der Waals surface area contributed by atoms with Crippen LogP contribution < -0.4 is 10.4 Å². The van der Waals surface area contributed by atoms with Crippen molar-refractivity contribution in [1.29, 1.82) is 0 Å². The van der Waals surface area contributed by atoms with E-state index in [1.807, 2.05) is 48.6 Å². The van der Waals surface area contributed by atoms with Gasteiger partial charge in [-0.15, -0.1) is 10.2 Å². The molecule has 1 aromatic carbocycles. The predicted molar refractivity (Wildman–Crippen MR) is 113 cm³/mol. The number of H-pyrrole nitrogens is 1. The maximum atomic E-state index is 10.3. The molecule has 0 spiro atoms. The molecule has 0 aliphatic carbocycles. The topological polar surface area (TPSA) is 86.5 Å². The van der Waals surface area contributed by atoms with Crippen LogP contribution in [0.5, 0.6) is 5.88 Å². The van der Waals surface area contributed by atoms with Gasteiger partial charge in [0.2, 0.25) is 0 Å². The molecule has 0 fully saturated rings. The molecule has 4 heterocycles. The van der Waals surface area contributed by atoms with Crippen LogP contribution in [0.25, 0.3) is 28.9 Å². The van der Waals surface area contributed by atoms with E-state index in [-0.39, 0.29) is 5.88 Å². The lowest BCUT2D eigenvalue weighted by atomic mass is 10.1. The Kier molecular flexibility index (Phi) is 4.18. The van der Waals surface area contributed by atoms with E-state index >= 15 is 0 Å². The number of pyridine rings is 2. The fraction of sp³-hybridized carbons (Fsp3) is 0. The number of benzene rings is 1. The standard InChI is InChI=1S/C22H14ClN5O/c23-20-6-5-18-21(26-20)16(22(29)25-18)11-14-1-3-15-17(27-28-19(15)12-14)4-2-13-7-9-24-10-8-13/h1-12,25,29H/b4-2+,14-11-. The maximum absolute atomic E-state index is 10.3. The van der Waals surface area contributed by atoms with Gasteiger partial charge in [0.05, 0.1) is 22.5 Å². The van der Waals surface area contributed by atoms with E-state index in [1.54, 1.807) is 24.5 Å². The van der Waals surface area contributed by atoms with Gasteiger partial charge in [0.1, 0.15) is 10.7 Å². The Labute approximate surface area is 170 Å². The summed E-state index contributed by atoms with van der Waals surface area (Å²) >= 11 is 6.01. The van der Waals surface area contributed by atoms with Crippen molar-refractivity contribution in [2.45, 2.75) is 0 Å². The van der Waals surface area contributed by atoms with Crippen molar-refractivity contribution in [3.8, 4) is 5.88 Å². The van der Waals surface area contributed by atoms with E-state index in [2.05, 4.69) is 25.2 Å². The average Bonchev–Trinajstić information content (AvgIpc) is 3.28. The van der Waals surface area contributed by atoms with Crippen LogP contribution in [0.15, 0.2) is 71.2 Å². The van der Waals surface area contributed by atoms with Gasteiger partial charge < -0.3 is 10.1 Å². The summed E-state index contributed by atoms with van der Waals surface area (Å²) in [5.41, 5.74) is 4.53. The molecule has 4 aromatic rings. The van der Waals surface area contributed by atoms with Crippen LogP contribution in [-0.2, 0) is 0 Å². The summed E-state index contributed by atoms with van der Waals surface area (Å²) in [4.78, 5) is 11.2. The third-order valence-electron chi connectivity index (χ3n) is 4.64. The molecule has 0 radical (unpaired) electrons. The largest absolute Gasteiger partial charge is 0.494 e. The Morgan fingerprint density at radius 1 is 0.966 bits per heavy atom. The second-order valence-electron chi connectivity index (χ2n) is 6.54.